The highest BCUT2D eigenvalue weighted by Crippen LogP contribution is 2.15. The van der Waals surface area contributed by atoms with E-state index in [1.165, 1.54) is 0 Å². The molecule has 0 aliphatic heterocycles. The molecule has 1 aromatic heterocycles. The molecule has 0 spiro atoms. The van der Waals surface area contributed by atoms with Gasteiger partial charge >= 0.3 is 5.69 Å². The van der Waals surface area contributed by atoms with Gasteiger partial charge in [-0.15, -0.1) is 0 Å². The van der Waals surface area contributed by atoms with E-state index in [4.69, 9.17) is 0 Å². The Balaban J connectivity index is 2.71. The van der Waals surface area contributed by atoms with Gasteiger partial charge in [0.15, 0.2) is 0 Å². The first kappa shape index (κ1) is 10.0. The lowest BCUT2D eigenvalue weighted by Crippen LogP contribution is -2.19. The lowest BCUT2D eigenvalue weighted by atomic mass is 10.2. The summed E-state index contributed by atoms with van der Waals surface area (Å²) in [6, 6.07) is 5.94. The molecule has 0 aliphatic rings. The first-order valence-electron chi connectivity index (χ1n) is 5.27. The summed E-state index contributed by atoms with van der Waals surface area (Å²) in [6.07, 6.45) is 0. The van der Waals surface area contributed by atoms with Crippen molar-refractivity contribution >= 4 is 11.0 Å². The first-order chi connectivity index (χ1) is 7.09. The van der Waals surface area contributed by atoms with Crippen LogP contribution in [0.15, 0.2) is 23.0 Å². The van der Waals surface area contributed by atoms with Crippen LogP contribution in [0.3, 0.4) is 0 Å². The molecule has 1 N–H and O–H groups in total. The standard InChI is InChI=1S/C12H16N2O/c1-8(2)7-14-11-9(3)5-4-6-10(11)13-12(14)15/h4-6,8H,7H2,1-3H3,(H,13,15). The molecule has 80 valence electrons. The highest BCUT2D eigenvalue weighted by Gasteiger charge is 2.09. The average molecular weight is 204 g/mol. The molecule has 0 saturated heterocycles. The van der Waals surface area contributed by atoms with Crippen molar-refractivity contribution in [2.45, 2.75) is 27.3 Å². The van der Waals surface area contributed by atoms with E-state index in [1.807, 2.05) is 29.7 Å². The molecule has 0 atom stereocenters. The smallest absolute Gasteiger partial charge is 0.306 e. The summed E-state index contributed by atoms with van der Waals surface area (Å²) in [5, 5.41) is 0. The Labute approximate surface area is 88.7 Å². The van der Waals surface area contributed by atoms with Crippen LogP contribution < -0.4 is 5.69 Å². The molecule has 0 radical (unpaired) electrons. The predicted octanol–water partition coefficient (Wildman–Crippen LogP) is 2.29. The second-order valence-corrected chi connectivity index (χ2v) is 4.41. The Hall–Kier alpha value is -1.51. The molecule has 0 unspecified atom stereocenters. The number of aromatic nitrogens is 2. The Morgan fingerprint density at radius 1 is 1.40 bits per heavy atom. The molecule has 0 fully saturated rings. The molecule has 1 heterocycles. The quantitative estimate of drug-likeness (QED) is 0.800. The van der Waals surface area contributed by atoms with Gasteiger partial charge in [-0.05, 0) is 24.5 Å². The maximum absolute atomic E-state index is 11.7. The maximum atomic E-state index is 11.7. The number of nitrogens with one attached hydrogen (secondary N) is 1. The summed E-state index contributed by atoms with van der Waals surface area (Å²) in [7, 11) is 0. The summed E-state index contributed by atoms with van der Waals surface area (Å²) < 4.78 is 1.83. The third-order valence-electron chi connectivity index (χ3n) is 2.54. The van der Waals surface area contributed by atoms with Gasteiger partial charge in [0.2, 0.25) is 0 Å². The Morgan fingerprint density at radius 3 is 2.80 bits per heavy atom. The van der Waals surface area contributed by atoms with Crippen LogP contribution in [-0.4, -0.2) is 9.55 Å². The number of rotatable bonds is 2. The molecule has 2 aromatic rings. The van der Waals surface area contributed by atoms with E-state index < -0.39 is 0 Å². The molecule has 0 amide bonds. The molecule has 0 bridgehead atoms. The van der Waals surface area contributed by atoms with E-state index in [2.05, 4.69) is 18.8 Å². The lowest BCUT2D eigenvalue weighted by Gasteiger charge is -2.07. The fourth-order valence-electron chi connectivity index (χ4n) is 1.94. The van der Waals surface area contributed by atoms with Crippen LogP contribution in [0.5, 0.6) is 0 Å². The molecule has 0 aliphatic carbocycles. The number of benzene rings is 1. The summed E-state index contributed by atoms with van der Waals surface area (Å²) in [4.78, 5) is 14.6. The summed E-state index contributed by atoms with van der Waals surface area (Å²) >= 11 is 0. The number of hydrogen-bond acceptors (Lipinski definition) is 1. The fraction of sp³-hybridized carbons (Fsp3) is 0.417. The SMILES string of the molecule is Cc1cccc2[nH]c(=O)n(CC(C)C)c12. The number of aromatic amines is 1. The zero-order valence-electron chi connectivity index (χ0n) is 9.37. The van der Waals surface area contributed by atoms with Gasteiger partial charge in [-0.25, -0.2) is 4.79 Å². The highest BCUT2D eigenvalue weighted by atomic mass is 16.1. The number of imidazole rings is 1. The fourth-order valence-corrected chi connectivity index (χ4v) is 1.94. The summed E-state index contributed by atoms with van der Waals surface area (Å²) in [6.45, 7) is 7.03. The Bertz CT molecular complexity index is 534. The minimum absolute atomic E-state index is 0.00648. The number of hydrogen-bond donors (Lipinski definition) is 1. The van der Waals surface area contributed by atoms with Crippen molar-refractivity contribution < 1.29 is 0 Å². The summed E-state index contributed by atoms with van der Waals surface area (Å²) in [5.74, 6) is 0.473. The molecular formula is C12H16N2O. The van der Waals surface area contributed by atoms with Crippen molar-refractivity contribution in [3.63, 3.8) is 0 Å². The Morgan fingerprint density at radius 2 is 2.13 bits per heavy atom. The lowest BCUT2D eigenvalue weighted by molar-refractivity contribution is 0.522. The number of aryl methyl sites for hydroxylation is 1. The second kappa shape index (κ2) is 3.57. The van der Waals surface area contributed by atoms with E-state index in [-0.39, 0.29) is 5.69 Å². The molecule has 0 saturated carbocycles. The van der Waals surface area contributed by atoms with Gasteiger partial charge in [-0.3, -0.25) is 4.57 Å². The van der Waals surface area contributed by atoms with Crippen molar-refractivity contribution in [3.8, 4) is 0 Å². The van der Waals surface area contributed by atoms with Crippen LogP contribution in [0.25, 0.3) is 11.0 Å². The van der Waals surface area contributed by atoms with Crippen LogP contribution >= 0.6 is 0 Å². The first-order valence-corrected chi connectivity index (χ1v) is 5.27. The van der Waals surface area contributed by atoms with Crippen LogP contribution in [0.4, 0.5) is 0 Å². The predicted molar refractivity (Wildman–Crippen MR) is 62.1 cm³/mol. The zero-order valence-corrected chi connectivity index (χ0v) is 9.37. The molecule has 3 heteroatoms. The topological polar surface area (TPSA) is 37.8 Å². The minimum atomic E-state index is -0.00648. The zero-order chi connectivity index (χ0) is 11.0. The van der Waals surface area contributed by atoms with E-state index in [9.17, 15) is 4.79 Å². The highest BCUT2D eigenvalue weighted by molar-refractivity contribution is 5.78. The number of nitrogens with zero attached hydrogens (tertiary/aromatic N) is 1. The Kier molecular flexibility index (Phi) is 2.39. The van der Waals surface area contributed by atoms with Gasteiger partial charge in [0.05, 0.1) is 11.0 Å². The molecule has 1 aromatic carbocycles. The monoisotopic (exact) mass is 204 g/mol. The number of fused-ring (bicyclic) bond motifs is 1. The summed E-state index contributed by atoms with van der Waals surface area (Å²) in [5.41, 5.74) is 3.11. The number of H-pyrrole nitrogens is 1. The van der Waals surface area contributed by atoms with Gasteiger partial charge < -0.3 is 4.98 Å². The van der Waals surface area contributed by atoms with Crippen LogP contribution in [-0.2, 0) is 6.54 Å². The minimum Gasteiger partial charge on any atom is -0.306 e. The number of para-hydroxylation sites is 1. The van der Waals surface area contributed by atoms with Crippen LogP contribution in [0, 0.1) is 12.8 Å². The van der Waals surface area contributed by atoms with Gasteiger partial charge in [0, 0.05) is 6.54 Å². The molecule has 2 rings (SSSR count). The van der Waals surface area contributed by atoms with Crippen LogP contribution in [0.1, 0.15) is 19.4 Å². The van der Waals surface area contributed by atoms with Crippen molar-refractivity contribution in [2.24, 2.45) is 5.92 Å². The van der Waals surface area contributed by atoms with Crippen molar-refractivity contribution in [2.75, 3.05) is 0 Å². The van der Waals surface area contributed by atoms with E-state index in [0.29, 0.717) is 5.92 Å². The van der Waals surface area contributed by atoms with Crippen molar-refractivity contribution in [3.05, 3.63) is 34.2 Å². The normalized spacial score (nSPS) is 11.5. The van der Waals surface area contributed by atoms with E-state index >= 15 is 0 Å². The van der Waals surface area contributed by atoms with Crippen molar-refractivity contribution in [1.29, 1.82) is 0 Å². The van der Waals surface area contributed by atoms with E-state index in [1.54, 1.807) is 0 Å². The maximum Gasteiger partial charge on any atom is 0.326 e. The largest absolute Gasteiger partial charge is 0.326 e. The molecule has 15 heavy (non-hydrogen) atoms. The van der Waals surface area contributed by atoms with Crippen LogP contribution in [0.2, 0.25) is 0 Å². The molecule has 3 nitrogen and oxygen atoms in total. The van der Waals surface area contributed by atoms with Gasteiger partial charge in [0.25, 0.3) is 0 Å². The third-order valence-corrected chi connectivity index (χ3v) is 2.54. The third kappa shape index (κ3) is 1.69. The average Bonchev–Trinajstić information content (AvgIpc) is 2.43. The van der Waals surface area contributed by atoms with E-state index in [0.717, 1.165) is 23.1 Å². The molecular weight excluding hydrogens is 188 g/mol. The van der Waals surface area contributed by atoms with Gasteiger partial charge in [-0.2, -0.15) is 0 Å². The van der Waals surface area contributed by atoms with Gasteiger partial charge in [-0.1, -0.05) is 26.0 Å². The van der Waals surface area contributed by atoms with Gasteiger partial charge in [0.1, 0.15) is 0 Å². The second-order valence-electron chi connectivity index (χ2n) is 4.41. The van der Waals surface area contributed by atoms with Crippen molar-refractivity contribution in [1.82, 2.24) is 9.55 Å².